The van der Waals surface area contributed by atoms with E-state index >= 15 is 0 Å². The summed E-state index contributed by atoms with van der Waals surface area (Å²) in [6.07, 6.45) is 0. The van der Waals surface area contributed by atoms with Gasteiger partial charge in [-0.15, -0.1) is 0 Å². The Hall–Kier alpha value is -3.03. The first-order chi connectivity index (χ1) is 11.1. The van der Waals surface area contributed by atoms with Gasteiger partial charge in [0.15, 0.2) is 11.2 Å². The number of ether oxygens (including phenoxy) is 1. The molecule has 8 heteroatoms. The Morgan fingerprint density at radius 1 is 1.22 bits per heavy atom. The van der Waals surface area contributed by atoms with Crippen molar-refractivity contribution in [1.82, 2.24) is 19.1 Å². The highest BCUT2D eigenvalue weighted by molar-refractivity contribution is 5.78. The van der Waals surface area contributed by atoms with Gasteiger partial charge >= 0.3 is 5.69 Å². The van der Waals surface area contributed by atoms with Crippen LogP contribution in [0.3, 0.4) is 0 Å². The highest BCUT2D eigenvalue weighted by Crippen LogP contribution is 2.36. The minimum absolute atomic E-state index is 0.383. The lowest BCUT2D eigenvalue weighted by atomic mass is 10.2. The molecule has 0 atom stereocenters. The summed E-state index contributed by atoms with van der Waals surface area (Å²) in [5, 5.41) is 0. The van der Waals surface area contributed by atoms with Gasteiger partial charge < -0.3 is 14.2 Å². The molecule has 2 aromatic heterocycles. The zero-order valence-electron chi connectivity index (χ0n) is 12.7. The Labute approximate surface area is 130 Å². The first-order valence-electron chi connectivity index (χ1n) is 7.22. The molecule has 8 nitrogen and oxygen atoms in total. The van der Waals surface area contributed by atoms with Gasteiger partial charge in [-0.2, -0.15) is 4.98 Å². The fourth-order valence-electron chi connectivity index (χ4n) is 3.02. The number of hydrogen-bond donors (Lipinski definition) is 1. The fourth-order valence-corrected chi connectivity index (χ4v) is 3.02. The molecule has 1 N–H and O–H groups in total. The second-order valence-corrected chi connectivity index (χ2v) is 5.38. The standard InChI is InChI=1S/C15H15N5O3/c1-18-12-11(13(21)17-15(18)22)20-8-7-19(14(20)16-12)9-5-3-4-6-10(9)23-2/h3-6H,7-8H2,1-2H3,(H,17,21,22). The van der Waals surface area contributed by atoms with E-state index in [2.05, 4.69) is 9.97 Å². The number of rotatable bonds is 2. The smallest absolute Gasteiger partial charge is 0.329 e. The van der Waals surface area contributed by atoms with Gasteiger partial charge in [0, 0.05) is 20.1 Å². The topological polar surface area (TPSA) is 85.2 Å². The highest BCUT2D eigenvalue weighted by atomic mass is 16.5. The van der Waals surface area contributed by atoms with Crippen LogP contribution in [0.25, 0.3) is 11.2 Å². The van der Waals surface area contributed by atoms with E-state index in [9.17, 15) is 9.59 Å². The van der Waals surface area contributed by atoms with Gasteiger partial charge in [0.2, 0.25) is 5.95 Å². The molecule has 4 rings (SSSR count). The maximum atomic E-state index is 12.2. The van der Waals surface area contributed by atoms with E-state index in [-0.39, 0.29) is 0 Å². The number of methoxy groups -OCH3 is 1. The van der Waals surface area contributed by atoms with E-state index in [1.807, 2.05) is 33.7 Å². The van der Waals surface area contributed by atoms with Gasteiger partial charge in [-0.1, -0.05) is 12.1 Å². The monoisotopic (exact) mass is 313 g/mol. The number of hydrogen-bond acceptors (Lipinski definition) is 5. The molecule has 118 valence electrons. The number of nitrogens with zero attached hydrogens (tertiary/aromatic N) is 4. The van der Waals surface area contributed by atoms with Crippen LogP contribution in [0, 0.1) is 0 Å². The van der Waals surface area contributed by atoms with Crippen LogP contribution in [0.5, 0.6) is 5.75 Å². The summed E-state index contributed by atoms with van der Waals surface area (Å²) in [5.74, 6) is 1.37. The number of imidazole rings is 1. The Kier molecular flexibility index (Phi) is 2.80. The highest BCUT2D eigenvalue weighted by Gasteiger charge is 2.28. The number of aryl methyl sites for hydroxylation is 1. The number of H-pyrrole nitrogens is 1. The largest absolute Gasteiger partial charge is 0.495 e. The number of aromatic amines is 1. The maximum Gasteiger partial charge on any atom is 0.329 e. The predicted octanol–water partition coefficient (Wildman–Crippen LogP) is 0.584. The average molecular weight is 313 g/mol. The molecule has 0 aliphatic carbocycles. The maximum absolute atomic E-state index is 12.2. The molecule has 0 fully saturated rings. The molecule has 23 heavy (non-hydrogen) atoms. The molecular formula is C15H15N5O3. The molecule has 3 heterocycles. The summed E-state index contributed by atoms with van der Waals surface area (Å²) < 4.78 is 8.59. The van der Waals surface area contributed by atoms with Gasteiger partial charge in [0.25, 0.3) is 5.56 Å². The summed E-state index contributed by atoms with van der Waals surface area (Å²) >= 11 is 0. The lowest BCUT2D eigenvalue weighted by Crippen LogP contribution is -2.29. The van der Waals surface area contributed by atoms with Gasteiger partial charge in [-0.05, 0) is 12.1 Å². The SMILES string of the molecule is COc1ccccc1N1CCn2c1nc1c2c(=O)[nH]c(=O)n1C. The molecule has 0 bridgehead atoms. The molecule has 3 aromatic rings. The number of fused-ring (bicyclic) bond motifs is 3. The van der Waals surface area contributed by atoms with Crippen molar-refractivity contribution in [3.63, 3.8) is 0 Å². The Balaban J connectivity index is 1.98. The Morgan fingerprint density at radius 2 is 2.00 bits per heavy atom. The average Bonchev–Trinajstić information content (AvgIpc) is 3.11. The number of benzene rings is 1. The molecule has 0 saturated carbocycles. The van der Waals surface area contributed by atoms with E-state index in [0.29, 0.717) is 30.2 Å². The van der Waals surface area contributed by atoms with Gasteiger partial charge in [0.1, 0.15) is 5.75 Å². The lowest BCUT2D eigenvalue weighted by Gasteiger charge is -2.18. The third-order valence-electron chi connectivity index (χ3n) is 4.15. The summed E-state index contributed by atoms with van der Waals surface area (Å²) in [6.45, 7) is 1.30. The van der Waals surface area contributed by atoms with E-state index in [0.717, 1.165) is 11.4 Å². The summed E-state index contributed by atoms with van der Waals surface area (Å²) in [7, 11) is 3.21. The van der Waals surface area contributed by atoms with Crippen LogP contribution < -0.4 is 20.9 Å². The van der Waals surface area contributed by atoms with E-state index in [4.69, 9.17) is 4.74 Å². The summed E-state index contributed by atoms with van der Waals surface area (Å²) in [6, 6.07) is 7.64. The van der Waals surface area contributed by atoms with Crippen LogP contribution in [0.1, 0.15) is 0 Å². The van der Waals surface area contributed by atoms with Crippen molar-refractivity contribution in [2.45, 2.75) is 6.54 Å². The van der Waals surface area contributed by atoms with Crippen molar-refractivity contribution in [3.05, 3.63) is 45.1 Å². The quantitative estimate of drug-likeness (QED) is 0.748. The van der Waals surface area contributed by atoms with E-state index in [1.54, 1.807) is 14.2 Å². The number of anilines is 2. The predicted molar refractivity (Wildman–Crippen MR) is 85.6 cm³/mol. The molecule has 0 unspecified atom stereocenters. The first-order valence-corrected chi connectivity index (χ1v) is 7.22. The van der Waals surface area contributed by atoms with Crippen LogP contribution in [0.15, 0.2) is 33.9 Å². The van der Waals surface area contributed by atoms with Crippen LogP contribution in [-0.4, -0.2) is 32.8 Å². The normalized spacial score (nSPS) is 13.6. The van der Waals surface area contributed by atoms with E-state index in [1.165, 1.54) is 4.57 Å². The molecular weight excluding hydrogens is 298 g/mol. The third kappa shape index (κ3) is 1.81. The Bertz CT molecular complexity index is 1030. The van der Waals surface area contributed by atoms with Crippen LogP contribution in [-0.2, 0) is 13.6 Å². The van der Waals surface area contributed by atoms with Gasteiger partial charge in [0.05, 0.1) is 12.8 Å². The van der Waals surface area contributed by atoms with Crippen molar-refractivity contribution in [2.24, 2.45) is 7.05 Å². The molecule has 1 aliphatic heterocycles. The van der Waals surface area contributed by atoms with Crippen LogP contribution in [0.2, 0.25) is 0 Å². The molecule has 0 spiro atoms. The number of para-hydroxylation sites is 2. The fraction of sp³-hybridized carbons (Fsp3) is 0.267. The zero-order chi connectivity index (χ0) is 16.1. The minimum Gasteiger partial charge on any atom is -0.495 e. The van der Waals surface area contributed by atoms with Crippen LogP contribution in [0.4, 0.5) is 11.6 Å². The van der Waals surface area contributed by atoms with Crippen molar-refractivity contribution in [3.8, 4) is 5.75 Å². The van der Waals surface area contributed by atoms with Crippen molar-refractivity contribution >= 4 is 22.8 Å². The van der Waals surface area contributed by atoms with Crippen molar-refractivity contribution < 1.29 is 4.74 Å². The molecule has 0 saturated heterocycles. The second-order valence-electron chi connectivity index (χ2n) is 5.38. The summed E-state index contributed by atoms with van der Waals surface area (Å²) in [5.41, 5.74) is 0.796. The zero-order valence-corrected chi connectivity index (χ0v) is 12.7. The van der Waals surface area contributed by atoms with Crippen molar-refractivity contribution in [2.75, 3.05) is 18.6 Å². The number of nitrogens with one attached hydrogen (secondary N) is 1. The minimum atomic E-state index is -0.469. The molecule has 1 aromatic carbocycles. The lowest BCUT2D eigenvalue weighted by molar-refractivity contribution is 0.415. The molecule has 0 radical (unpaired) electrons. The second kappa shape index (κ2) is 4.73. The Morgan fingerprint density at radius 3 is 2.78 bits per heavy atom. The van der Waals surface area contributed by atoms with Crippen molar-refractivity contribution in [1.29, 1.82) is 0 Å². The number of aromatic nitrogens is 4. The van der Waals surface area contributed by atoms with E-state index < -0.39 is 11.2 Å². The molecule has 0 amide bonds. The third-order valence-corrected chi connectivity index (χ3v) is 4.15. The molecule has 1 aliphatic rings. The summed E-state index contributed by atoms with van der Waals surface area (Å²) in [4.78, 5) is 32.8. The van der Waals surface area contributed by atoms with Gasteiger partial charge in [-0.3, -0.25) is 14.3 Å². The first kappa shape index (κ1) is 13.6. The van der Waals surface area contributed by atoms with Gasteiger partial charge in [-0.25, -0.2) is 4.79 Å². The van der Waals surface area contributed by atoms with Crippen LogP contribution >= 0.6 is 0 Å².